The average molecular weight is 290 g/mol. The molecule has 0 spiro atoms. The fourth-order valence-corrected chi connectivity index (χ4v) is 2.80. The third-order valence-electron chi connectivity index (χ3n) is 3.16. The van der Waals surface area contributed by atoms with E-state index >= 15 is 0 Å². The largest absolute Gasteiger partial charge is 0.387 e. The molecule has 0 aliphatic carbocycles. The van der Waals surface area contributed by atoms with Gasteiger partial charge in [0, 0.05) is 30.1 Å². The van der Waals surface area contributed by atoms with Crippen LogP contribution < -0.4 is 5.32 Å². The summed E-state index contributed by atoms with van der Waals surface area (Å²) >= 11 is 1.74. The van der Waals surface area contributed by atoms with Crippen molar-refractivity contribution in [3.63, 3.8) is 0 Å². The summed E-state index contributed by atoms with van der Waals surface area (Å²) in [5, 5.41) is 14.6. The predicted octanol–water partition coefficient (Wildman–Crippen LogP) is 3.40. The molecule has 3 nitrogen and oxygen atoms in total. The maximum atomic E-state index is 10.1. The Morgan fingerprint density at radius 1 is 1.25 bits per heavy atom. The minimum Gasteiger partial charge on any atom is -0.387 e. The van der Waals surface area contributed by atoms with Gasteiger partial charge < -0.3 is 10.4 Å². The molecule has 1 unspecified atom stereocenters. The van der Waals surface area contributed by atoms with E-state index in [1.165, 1.54) is 15.4 Å². The predicted molar refractivity (Wildman–Crippen MR) is 84.0 cm³/mol. The van der Waals surface area contributed by atoms with Crippen molar-refractivity contribution in [2.24, 2.45) is 0 Å². The van der Waals surface area contributed by atoms with E-state index in [-0.39, 0.29) is 0 Å². The molecule has 2 N–H and O–H groups in total. The van der Waals surface area contributed by atoms with Crippen molar-refractivity contribution in [1.82, 2.24) is 10.3 Å². The molecule has 0 bridgehead atoms. The molecule has 2 aromatic rings. The fraction of sp³-hybridized carbons (Fsp3) is 0.438. The van der Waals surface area contributed by atoms with Crippen molar-refractivity contribution in [2.75, 3.05) is 6.54 Å². The van der Waals surface area contributed by atoms with Gasteiger partial charge in [-0.2, -0.15) is 0 Å². The first kappa shape index (κ1) is 15.2. The first-order valence-electron chi connectivity index (χ1n) is 6.96. The molecule has 4 heteroatoms. The summed E-state index contributed by atoms with van der Waals surface area (Å²) in [6.45, 7) is 7.66. The molecule has 0 aliphatic heterocycles. The summed E-state index contributed by atoms with van der Waals surface area (Å²) in [6, 6.07) is 8.00. The smallest absolute Gasteiger partial charge is 0.0953 e. The third kappa shape index (κ3) is 4.13. The summed E-state index contributed by atoms with van der Waals surface area (Å²) < 4.78 is 0. The van der Waals surface area contributed by atoms with E-state index in [1.807, 2.05) is 37.4 Å². The molecule has 0 amide bonds. The van der Waals surface area contributed by atoms with Crippen LogP contribution in [-0.4, -0.2) is 16.6 Å². The molecule has 0 saturated heterocycles. The topological polar surface area (TPSA) is 45.1 Å². The van der Waals surface area contributed by atoms with Crippen LogP contribution in [0.15, 0.2) is 30.5 Å². The van der Waals surface area contributed by atoms with Gasteiger partial charge in [-0.05, 0) is 12.5 Å². The molecule has 0 fully saturated rings. The Hall–Kier alpha value is -1.23. The number of aliphatic hydroxyl groups excluding tert-OH is 1. The molecule has 0 radical (unpaired) electrons. The number of hydrogen-bond donors (Lipinski definition) is 2. The number of hydrogen-bond acceptors (Lipinski definition) is 4. The van der Waals surface area contributed by atoms with E-state index in [0.717, 1.165) is 12.1 Å². The third-order valence-corrected chi connectivity index (χ3v) is 4.46. The highest BCUT2D eigenvalue weighted by atomic mass is 32.1. The molecule has 1 aromatic carbocycles. The number of nitrogens with zero attached hydrogens (tertiary/aromatic N) is 1. The van der Waals surface area contributed by atoms with E-state index in [4.69, 9.17) is 0 Å². The second-order valence-corrected chi connectivity index (χ2v) is 6.52. The van der Waals surface area contributed by atoms with E-state index in [1.54, 1.807) is 11.3 Å². The molecule has 1 aromatic heterocycles. The first-order chi connectivity index (χ1) is 9.56. The number of nitrogens with one attached hydrogen (secondary N) is 1. The maximum absolute atomic E-state index is 10.1. The standard InChI is InChI=1S/C16H22N2OS/c1-11(2)16-18-9-14(20-16)8-17-10-15(19)13-6-4-12(3)5-7-13/h4-7,9,11,15,17,19H,8,10H2,1-3H3. The minimum absolute atomic E-state index is 0.465. The molecule has 108 valence electrons. The van der Waals surface area contributed by atoms with E-state index in [2.05, 4.69) is 24.1 Å². The fourth-order valence-electron chi connectivity index (χ4n) is 1.91. The number of aryl methyl sites for hydroxylation is 1. The van der Waals surface area contributed by atoms with Gasteiger partial charge in [0.1, 0.15) is 0 Å². The lowest BCUT2D eigenvalue weighted by atomic mass is 10.1. The molecule has 1 heterocycles. The molecule has 2 rings (SSSR count). The maximum Gasteiger partial charge on any atom is 0.0953 e. The zero-order valence-corrected chi connectivity index (χ0v) is 13.1. The van der Waals surface area contributed by atoms with E-state index in [0.29, 0.717) is 12.5 Å². The lowest BCUT2D eigenvalue weighted by Gasteiger charge is -2.11. The van der Waals surface area contributed by atoms with Gasteiger partial charge in [-0.25, -0.2) is 4.98 Å². The van der Waals surface area contributed by atoms with Gasteiger partial charge in [0.2, 0.25) is 0 Å². The Labute approximate surface area is 124 Å². The lowest BCUT2D eigenvalue weighted by molar-refractivity contribution is 0.174. The molecular weight excluding hydrogens is 268 g/mol. The van der Waals surface area contributed by atoms with Crippen LogP contribution in [0.3, 0.4) is 0 Å². The van der Waals surface area contributed by atoms with Crippen LogP contribution in [0, 0.1) is 6.92 Å². The highest BCUT2D eigenvalue weighted by Gasteiger charge is 2.08. The first-order valence-corrected chi connectivity index (χ1v) is 7.78. The summed E-state index contributed by atoms with van der Waals surface area (Å²) in [6.07, 6.45) is 1.46. The Bertz CT molecular complexity index is 534. The van der Waals surface area contributed by atoms with Crippen LogP contribution in [0.5, 0.6) is 0 Å². The van der Waals surface area contributed by atoms with Crippen molar-refractivity contribution >= 4 is 11.3 Å². The van der Waals surface area contributed by atoms with Crippen molar-refractivity contribution in [3.05, 3.63) is 51.5 Å². The zero-order chi connectivity index (χ0) is 14.5. The SMILES string of the molecule is Cc1ccc(C(O)CNCc2cnc(C(C)C)s2)cc1. The molecule has 0 aliphatic rings. The van der Waals surface area contributed by atoms with Gasteiger partial charge >= 0.3 is 0 Å². The van der Waals surface area contributed by atoms with Crippen LogP contribution in [0.2, 0.25) is 0 Å². The van der Waals surface area contributed by atoms with Crippen molar-refractivity contribution < 1.29 is 5.11 Å². The zero-order valence-electron chi connectivity index (χ0n) is 12.3. The van der Waals surface area contributed by atoms with Crippen molar-refractivity contribution in [3.8, 4) is 0 Å². The second-order valence-electron chi connectivity index (χ2n) is 5.38. The molecule has 20 heavy (non-hydrogen) atoms. The van der Waals surface area contributed by atoms with Gasteiger partial charge in [-0.15, -0.1) is 11.3 Å². The number of thiazole rings is 1. The summed E-state index contributed by atoms with van der Waals surface area (Å²) in [5.74, 6) is 0.479. The average Bonchev–Trinajstić information content (AvgIpc) is 2.88. The summed E-state index contributed by atoms with van der Waals surface area (Å²) in [4.78, 5) is 5.61. The van der Waals surface area contributed by atoms with E-state index in [9.17, 15) is 5.11 Å². The van der Waals surface area contributed by atoms with Crippen molar-refractivity contribution in [1.29, 1.82) is 0 Å². The monoisotopic (exact) mass is 290 g/mol. The van der Waals surface area contributed by atoms with Gasteiger partial charge in [0.15, 0.2) is 0 Å². The van der Waals surface area contributed by atoms with Gasteiger partial charge in [-0.1, -0.05) is 43.7 Å². The summed E-state index contributed by atoms with van der Waals surface area (Å²) in [5.41, 5.74) is 2.16. The number of aromatic nitrogens is 1. The van der Waals surface area contributed by atoms with Crippen molar-refractivity contribution in [2.45, 2.75) is 39.3 Å². The summed E-state index contributed by atoms with van der Waals surface area (Å²) in [7, 11) is 0. The Kier molecular flexibility index (Phi) is 5.29. The number of rotatable bonds is 6. The second kappa shape index (κ2) is 6.97. The Morgan fingerprint density at radius 3 is 2.55 bits per heavy atom. The minimum atomic E-state index is -0.465. The highest BCUT2D eigenvalue weighted by molar-refractivity contribution is 7.11. The van der Waals surface area contributed by atoms with Crippen LogP contribution in [0.1, 0.15) is 46.9 Å². The van der Waals surface area contributed by atoms with Gasteiger partial charge in [0.05, 0.1) is 11.1 Å². The van der Waals surface area contributed by atoms with Crippen LogP contribution in [0.25, 0.3) is 0 Å². The molecular formula is C16H22N2OS. The van der Waals surface area contributed by atoms with Gasteiger partial charge in [0.25, 0.3) is 0 Å². The normalized spacial score (nSPS) is 12.8. The van der Waals surface area contributed by atoms with Gasteiger partial charge in [-0.3, -0.25) is 0 Å². The molecule has 1 atom stereocenters. The highest BCUT2D eigenvalue weighted by Crippen LogP contribution is 2.21. The number of benzene rings is 1. The van der Waals surface area contributed by atoms with E-state index < -0.39 is 6.10 Å². The van der Waals surface area contributed by atoms with Crippen LogP contribution in [0.4, 0.5) is 0 Å². The van der Waals surface area contributed by atoms with Crippen LogP contribution in [-0.2, 0) is 6.54 Å². The Balaban J connectivity index is 1.81. The number of aliphatic hydroxyl groups is 1. The van der Waals surface area contributed by atoms with Crippen LogP contribution >= 0.6 is 11.3 Å². The quantitative estimate of drug-likeness (QED) is 0.857. The molecule has 0 saturated carbocycles. The lowest BCUT2D eigenvalue weighted by Crippen LogP contribution is -2.20. The Morgan fingerprint density at radius 2 is 1.95 bits per heavy atom.